The number of nitrogens with zero attached hydrogens (tertiary/aromatic N) is 6. The summed E-state index contributed by atoms with van der Waals surface area (Å²) in [5.74, 6) is 2.19. The number of aromatic nitrogens is 6. The van der Waals surface area contributed by atoms with Gasteiger partial charge in [-0.3, -0.25) is 0 Å². The van der Waals surface area contributed by atoms with Gasteiger partial charge < -0.3 is 19.9 Å². The number of hydrogen-bond acceptors (Lipinski definition) is 7. The van der Waals surface area contributed by atoms with Crippen molar-refractivity contribution in [1.29, 1.82) is 0 Å². The molecule has 4 aromatic rings. The van der Waals surface area contributed by atoms with Crippen molar-refractivity contribution in [1.82, 2.24) is 29.5 Å². The van der Waals surface area contributed by atoms with Crippen molar-refractivity contribution in [3.05, 3.63) is 40.3 Å². The Bertz CT molecular complexity index is 1230. The van der Waals surface area contributed by atoms with Gasteiger partial charge >= 0.3 is 0 Å². The molecule has 5 heterocycles. The minimum atomic E-state index is 0.281. The maximum absolute atomic E-state index is 5.72. The Morgan fingerprint density at radius 2 is 2.24 bits per heavy atom. The summed E-state index contributed by atoms with van der Waals surface area (Å²) in [7, 11) is 0. The third kappa shape index (κ3) is 2.85. The average Bonchev–Trinajstić information content (AvgIpc) is 3.49. The van der Waals surface area contributed by atoms with Crippen LogP contribution in [0, 0.1) is 6.92 Å². The first kappa shape index (κ1) is 17.2. The fourth-order valence-corrected chi connectivity index (χ4v) is 4.49. The summed E-state index contributed by atoms with van der Waals surface area (Å²) in [4.78, 5) is 19.8. The van der Waals surface area contributed by atoms with E-state index in [9.17, 15) is 0 Å². The number of nitrogens with one attached hydrogen (secondary N) is 2. The summed E-state index contributed by atoms with van der Waals surface area (Å²) in [6.45, 7) is 4.14. The van der Waals surface area contributed by atoms with E-state index in [0.717, 1.165) is 46.6 Å². The monoisotopic (exact) mass is 454 g/mol. The Morgan fingerprint density at radius 1 is 1.31 bits per heavy atom. The second-order valence-corrected chi connectivity index (χ2v) is 8.48. The Hall–Kier alpha value is -2.72. The standard InChI is InChI=1S/C19H19BrN8O/c1-10-2-3-14-15(4-10)24-16(23-14)7-21-18-26-19(25-17-13(20)6-22-28(17)18)27-8-12-5-11(27)9-29-12/h2-4,6,11-12H,5,7-9H2,1H3,(H,23,24)(H,21,25,26)/t11-,12-/m1/s1. The molecule has 0 aliphatic carbocycles. The molecule has 0 amide bonds. The highest BCUT2D eigenvalue weighted by Crippen LogP contribution is 2.32. The number of ether oxygens (including phenoxy) is 1. The molecule has 10 heteroatoms. The normalized spacial score (nSPS) is 21.0. The zero-order chi connectivity index (χ0) is 19.5. The van der Waals surface area contributed by atoms with Crippen LogP contribution in [0.4, 0.5) is 11.9 Å². The van der Waals surface area contributed by atoms with E-state index in [-0.39, 0.29) is 6.10 Å². The lowest BCUT2D eigenvalue weighted by molar-refractivity contribution is 0.0986. The van der Waals surface area contributed by atoms with Crippen LogP contribution in [-0.2, 0) is 11.3 Å². The van der Waals surface area contributed by atoms with E-state index in [4.69, 9.17) is 14.7 Å². The molecule has 6 rings (SSSR count). The van der Waals surface area contributed by atoms with Gasteiger partial charge in [-0.15, -0.1) is 0 Å². The molecule has 1 aromatic carbocycles. The number of hydrogen-bond donors (Lipinski definition) is 2. The third-order valence-corrected chi connectivity index (χ3v) is 6.13. The molecule has 0 saturated carbocycles. The van der Waals surface area contributed by atoms with Gasteiger partial charge in [0.25, 0.3) is 0 Å². The first-order valence-corrected chi connectivity index (χ1v) is 10.4. The highest BCUT2D eigenvalue weighted by molar-refractivity contribution is 9.10. The first-order chi connectivity index (χ1) is 14.1. The number of rotatable bonds is 4. The van der Waals surface area contributed by atoms with Crippen LogP contribution in [0.5, 0.6) is 0 Å². The van der Waals surface area contributed by atoms with Crippen LogP contribution in [0.2, 0.25) is 0 Å². The molecular weight excluding hydrogens is 436 g/mol. The molecule has 29 heavy (non-hydrogen) atoms. The minimum absolute atomic E-state index is 0.281. The largest absolute Gasteiger partial charge is 0.374 e. The number of aromatic amines is 1. The van der Waals surface area contributed by atoms with Crippen molar-refractivity contribution in [3.8, 4) is 0 Å². The molecule has 2 aliphatic rings. The van der Waals surface area contributed by atoms with Crippen molar-refractivity contribution in [2.45, 2.75) is 32.0 Å². The second-order valence-electron chi connectivity index (χ2n) is 7.63. The van der Waals surface area contributed by atoms with Gasteiger partial charge in [-0.05, 0) is 47.0 Å². The molecule has 2 aliphatic heterocycles. The topological polar surface area (TPSA) is 96.3 Å². The van der Waals surface area contributed by atoms with Crippen LogP contribution in [0.1, 0.15) is 17.8 Å². The van der Waals surface area contributed by atoms with E-state index in [1.54, 1.807) is 10.7 Å². The van der Waals surface area contributed by atoms with Gasteiger partial charge in [0.2, 0.25) is 11.9 Å². The molecule has 2 fully saturated rings. The summed E-state index contributed by atoms with van der Waals surface area (Å²) < 4.78 is 8.27. The van der Waals surface area contributed by atoms with Crippen molar-refractivity contribution < 1.29 is 4.74 Å². The Kier molecular flexibility index (Phi) is 3.78. The summed E-state index contributed by atoms with van der Waals surface area (Å²) in [6, 6.07) is 6.55. The molecular formula is C19H19BrN8O. The lowest BCUT2D eigenvalue weighted by Gasteiger charge is -2.27. The van der Waals surface area contributed by atoms with Crippen LogP contribution < -0.4 is 10.2 Å². The minimum Gasteiger partial charge on any atom is -0.374 e. The molecule has 0 unspecified atom stereocenters. The van der Waals surface area contributed by atoms with Crippen molar-refractivity contribution in [2.24, 2.45) is 0 Å². The number of fused-ring (bicyclic) bond motifs is 4. The van der Waals surface area contributed by atoms with Crippen LogP contribution in [0.3, 0.4) is 0 Å². The van der Waals surface area contributed by atoms with E-state index < -0.39 is 0 Å². The van der Waals surface area contributed by atoms with Gasteiger partial charge in [0.05, 0.1) is 47.0 Å². The smallest absolute Gasteiger partial charge is 0.231 e. The molecule has 0 radical (unpaired) electrons. The summed E-state index contributed by atoms with van der Waals surface area (Å²) in [5, 5.41) is 7.79. The van der Waals surface area contributed by atoms with Gasteiger partial charge in [-0.25, -0.2) is 4.98 Å². The molecule has 0 spiro atoms. The molecule has 9 nitrogen and oxygen atoms in total. The van der Waals surface area contributed by atoms with Crippen LogP contribution in [-0.4, -0.2) is 54.8 Å². The molecule has 2 saturated heterocycles. The van der Waals surface area contributed by atoms with E-state index in [0.29, 0.717) is 24.5 Å². The third-order valence-electron chi connectivity index (χ3n) is 5.57. The number of anilines is 2. The zero-order valence-electron chi connectivity index (χ0n) is 15.8. The molecule has 2 atom stereocenters. The summed E-state index contributed by atoms with van der Waals surface area (Å²) in [6.07, 6.45) is 3.06. The predicted molar refractivity (Wildman–Crippen MR) is 112 cm³/mol. The number of aryl methyl sites for hydroxylation is 1. The molecule has 148 valence electrons. The second kappa shape index (κ2) is 6.39. The lowest BCUT2D eigenvalue weighted by atomic mass is 10.2. The van der Waals surface area contributed by atoms with Crippen LogP contribution >= 0.6 is 15.9 Å². The number of imidazole rings is 1. The van der Waals surface area contributed by atoms with Crippen LogP contribution in [0.15, 0.2) is 28.9 Å². The van der Waals surface area contributed by atoms with Gasteiger partial charge in [-0.1, -0.05) is 6.07 Å². The van der Waals surface area contributed by atoms with Gasteiger partial charge in [0.1, 0.15) is 5.82 Å². The SMILES string of the molecule is Cc1ccc2[nH]c(CNc3nc(N4C[C@H]5C[C@@H]4CO5)nc4c(Br)cnn34)nc2c1. The van der Waals surface area contributed by atoms with Crippen molar-refractivity contribution in [2.75, 3.05) is 23.4 Å². The van der Waals surface area contributed by atoms with Gasteiger partial charge in [0, 0.05) is 6.54 Å². The molecule has 3 aromatic heterocycles. The van der Waals surface area contributed by atoms with E-state index in [1.807, 2.05) is 0 Å². The number of benzene rings is 1. The van der Waals surface area contributed by atoms with E-state index >= 15 is 0 Å². The Morgan fingerprint density at radius 3 is 3.07 bits per heavy atom. The fourth-order valence-electron chi connectivity index (χ4n) is 4.14. The van der Waals surface area contributed by atoms with Crippen molar-refractivity contribution >= 4 is 44.5 Å². The fraction of sp³-hybridized carbons (Fsp3) is 0.368. The number of morpholine rings is 1. The summed E-state index contributed by atoms with van der Waals surface area (Å²) in [5.41, 5.74) is 3.92. The maximum Gasteiger partial charge on any atom is 0.231 e. The van der Waals surface area contributed by atoms with Gasteiger partial charge in [0.15, 0.2) is 5.65 Å². The Balaban J connectivity index is 1.33. The number of H-pyrrole nitrogens is 1. The van der Waals surface area contributed by atoms with E-state index in [2.05, 4.69) is 66.3 Å². The Labute approximate surface area is 174 Å². The first-order valence-electron chi connectivity index (χ1n) is 9.63. The maximum atomic E-state index is 5.72. The van der Waals surface area contributed by atoms with Gasteiger partial charge in [-0.2, -0.15) is 19.6 Å². The quantitative estimate of drug-likeness (QED) is 0.489. The highest BCUT2D eigenvalue weighted by atomic mass is 79.9. The molecule has 2 N–H and O–H groups in total. The lowest BCUT2D eigenvalue weighted by Crippen LogP contribution is -2.38. The zero-order valence-corrected chi connectivity index (χ0v) is 17.3. The highest BCUT2D eigenvalue weighted by Gasteiger charge is 2.40. The predicted octanol–water partition coefficient (Wildman–Crippen LogP) is 2.66. The average molecular weight is 455 g/mol. The van der Waals surface area contributed by atoms with Crippen LogP contribution in [0.25, 0.3) is 16.7 Å². The van der Waals surface area contributed by atoms with E-state index in [1.165, 1.54) is 5.56 Å². The number of halogens is 1. The van der Waals surface area contributed by atoms with Crippen molar-refractivity contribution in [3.63, 3.8) is 0 Å². The summed E-state index contributed by atoms with van der Waals surface area (Å²) >= 11 is 3.55. The molecule has 2 bridgehead atoms.